The van der Waals surface area contributed by atoms with Gasteiger partial charge in [-0.15, -0.1) is 0 Å². The van der Waals surface area contributed by atoms with E-state index in [1.54, 1.807) is 14.0 Å². The van der Waals surface area contributed by atoms with E-state index in [0.717, 1.165) is 25.4 Å². The van der Waals surface area contributed by atoms with Crippen LogP contribution in [0.5, 0.6) is 0 Å². The number of hydrogen-bond acceptors (Lipinski definition) is 3. The molecule has 2 atom stereocenters. The molecule has 2 unspecified atom stereocenters. The molecule has 0 spiro atoms. The molecule has 1 aliphatic rings. The number of unbranched alkanes of at least 4 members (excludes halogenated alkanes) is 1. The molecule has 4 nitrogen and oxygen atoms in total. The Labute approximate surface area is 123 Å². The average Bonchev–Trinajstić information content (AvgIpc) is 2.45. The van der Waals surface area contributed by atoms with Gasteiger partial charge in [-0.25, -0.2) is 0 Å². The van der Waals surface area contributed by atoms with Crippen molar-refractivity contribution in [3.63, 3.8) is 0 Å². The lowest BCUT2D eigenvalue weighted by molar-refractivity contribution is -0.144. The number of carboxylic acids is 1. The quantitative estimate of drug-likeness (QED) is 0.639. The molecule has 0 aromatic rings. The van der Waals surface area contributed by atoms with Gasteiger partial charge < -0.3 is 15.3 Å². The Hall–Kier alpha value is -0.610. The molecule has 4 heteroatoms. The molecule has 118 valence electrons. The van der Waals surface area contributed by atoms with Gasteiger partial charge in [-0.3, -0.25) is 4.79 Å². The van der Waals surface area contributed by atoms with E-state index in [1.165, 1.54) is 38.6 Å². The molecule has 1 aliphatic heterocycles. The summed E-state index contributed by atoms with van der Waals surface area (Å²) >= 11 is 0. The van der Waals surface area contributed by atoms with Crippen molar-refractivity contribution in [3.05, 3.63) is 0 Å². The third kappa shape index (κ3) is 5.06. The second-order valence-corrected chi connectivity index (χ2v) is 6.32. The molecular formula is C16H32N2O2. The maximum Gasteiger partial charge on any atom is 0.323 e. The summed E-state index contributed by atoms with van der Waals surface area (Å²) in [5.74, 6) is -0.748. The topological polar surface area (TPSA) is 52.6 Å². The first-order valence-corrected chi connectivity index (χ1v) is 8.20. The molecule has 0 aromatic carbocycles. The first kappa shape index (κ1) is 17.4. The highest BCUT2D eigenvalue weighted by Gasteiger charge is 2.30. The third-order valence-corrected chi connectivity index (χ3v) is 4.77. The predicted molar refractivity (Wildman–Crippen MR) is 83.1 cm³/mol. The van der Waals surface area contributed by atoms with Crippen molar-refractivity contribution in [1.29, 1.82) is 0 Å². The van der Waals surface area contributed by atoms with E-state index < -0.39 is 11.5 Å². The zero-order chi connectivity index (χ0) is 15.0. The van der Waals surface area contributed by atoms with Crippen molar-refractivity contribution in [2.24, 2.45) is 0 Å². The molecule has 0 saturated carbocycles. The van der Waals surface area contributed by atoms with Crippen LogP contribution < -0.4 is 5.32 Å². The van der Waals surface area contributed by atoms with E-state index in [2.05, 4.69) is 17.1 Å². The molecule has 0 bridgehead atoms. The van der Waals surface area contributed by atoms with Gasteiger partial charge in [0, 0.05) is 6.04 Å². The van der Waals surface area contributed by atoms with Crippen LogP contribution in [0.3, 0.4) is 0 Å². The summed E-state index contributed by atoms with van der Waals surface area (Å²) in [7, 11) is 1.73. The van der Waals surface area contributed by atoms with Crippen LogP contribution in [0.4, 0.5) is 0 Å². The van der Waals surface area contributed by atoms with Crippen LogP contribution in [0, 0.1) is 0 Å². The van der Waals surface area contributed by atoms with Crippen LogP contribution in [0.15, 0.2) is 0 Å². The van der Waals surface area contributed by atoms with E-state index >= 15 is 0 Å². The fraction of sp³-hybridized carbons (Fsp3) is 0.938. The van der Waals surface area contributed by atoms with Gasteiger partial charge >= 0.3 is 5.97 Å². The van der Waals surface area contributed by atoms with Crippen LogP contribution >= 0.6 is 0 Å². The van der Waals surface area contributed by atoms with E-state index in [0.29, 0.717) is 6.42 Å². The van der Waals surface area contributed by atoms with Crippen LogP contribution in [0.1, 0.15) is 65.2 Å². The lowest BCUT2D eigenvalue weighted by Crippen LogP contribution is -2.47. The SMILES string of the molecule is CCCC1CCCCN1CCCCC(C)(NC)C(=O)O. The Kier molecular flexibility index (Phi) is 7.52. The van der Waals surface area contributed by atoms with E-state index in [1.807, 2.05) is 0 Å². The first-order chi connectivity index (χ1) is 9.53. The first-order valence-electron chi connectivity index (χ1n) is 8.20. The zero-order valence-electron chi connectivity index (χ0n) is 13.5. The normalized spacial score (nSPS) is 23.4. The molecule has 1 saturated heterocycles. The zero-order valence-corrected chi connectivity index (χ0v) is 13.5. The second kappa shape index (κ2) is 8.63. The van der Waals surface area contributed by atoms with Gasteiger partial charge in [-0.2, -0.15) is 0 Å². The molecular weight excluding hydrogens is 252 g/mol. The molecule has 0 aliphatic carbocycles. The van der Waals surface area contributed by atoms with Gasteiger partial charge in [0.25, 0.3) is 0 Å². The minimum Gasteiger partial charge on any atom is -0.480 e. The number of likely N-dealkylation sites (N-methyl/N-ethyl adjacent to an activating group) is 1. The largest absolute Gasteiger partial charge is 0.480 e. The summed E-state index contributed by atoms with van der Waals surface area (Å²) in [4.78, 5) is 13.8. The number of carboxylic acid groups (broad SMARTS) is 1. The molecule has 0 radical (unpaired) electrons. The van der Waals surface area contributed by atoms with Crippen molar-refractivity contribution >= 4 is 5.97 Å². The van der Waals surface area contributed by atoms with E-state index in [-0.39, 0.29) is 0 Å². The molecule has 1 rings (SSSR count). The summed E-state index contributed by atoms with van der Waals surface area (Å²) < 4.78 is 0. The van der Waals surface area contributed by atoms with Gasteiger partial charge in [0.15, 0.2) is 0 Å². The maximum absolute atomic E-state index is 11.2. The summed E-state index contributed by atoms with van der Waals surface area (Å²) in [6.07, 6.45) is 9.38. The fourth-order valence-corrected chi connectivity index (χ4v) is 3.15. The second-order valence-electron chi connectivity index (χ2n) is 6.32. The Morgan fingerprint density at radius 2 is 2.15 bits per heavy atom. The lowest BCUT2D eigenvalue weighted by Gasteiger charge is -2.36. The smallest absolute Gasteiger partial charge is 0.323 e. The van der Waals surface area contributed by atoms with Crippen molar-refractivity contribution in [3.8, 4) is 0 Å². The number of carbonyl (C=O) groups is 1. The maximum atomic E-state index is 11.2. The molecule has 0 aromatic heterocycles. The molecule has 1 fully saturated rings. The number of nitrogens with one attached hydrogen (secondary N) is 1. The molecule has 2 N–H and O–H groups in total. The van der Waals surface area contributed by atoms with Gasteiger partial charge in [-0.1, -0.05) is 19.8 Å². The van der Waals surface area contributed by atoms with Crippen LogP contribution in [0.2, 0.25) is 0 Å². The Morgan fingerprint density at radius 1 is 1.40 bits per heavy atom. The summed E-state index contributed by atoms with van der Waals surface area (Å²) in [6.45, 7) is 6.39. The van der Waals surface area contributed by atoms with E-state index in [9.17, 15) is 9.90 Å². The summed E-state index contributed by atoms with van der Waals surface area (Å²) in [6, 6.07) is 0.768. The van der Waals surface area contributed by atoms with Gasteiger partial charge in [0.2, 0.25) is 0 Å². The number of aliphatic carboxylic acids is 1. The van der Waals surface area contributed by atoms with Crippen molar-refractivity contribution < 1.29 is 9.90 Å². The highest BCUT2D eigenvalue weighted by atomic mass is 16.4. The summed E-state index contributed by atoms with van der Waals surface area (Å²) in [5.41, 5.74) is -0.773. The lowest BCUT2D eigenvalue weighted by atomic mass is 9.94. The van der Waals surface area contributed by atoms with Gasteiger partial charge in [0.1, 0.15) is 5.54 Å². The van der Waals surface area contributed by atoms with Crippen molar-refractivity contribution in [2.45, 2.75) is 76.8 Å². The molecule has 20 heavy (non-hydrogen) atoms. The monoisotopic (exact) mass is 284 g/mol. The standard InChI is InChI=1S/C16H32N2O2/c1-4-9-14-10-5-7-12-18(14)13-8-6-11-16(2,17-3)15(19)20/h14,17H,4-13H2,1-3H3,(H,19,20). The Bertz CT molecular complexity index is 294. The minimum absolute atomic E-state index is 0.700. The van der Waals surface area contributed by atoms with Crippen molar-refractivity contribution in [1.82, 2.24) is 10.2 Å². The predicted octanol–water partition coefficient (Wildman–Crippen LogP) is 2.87. The number of rotatable bonds is 9. The third-order valence-electron chi connectivity index (χ3n) is 4.77. The van der Waals surface area contributed by atoms with E-state index in [4.69, 9.17) is 0 Å². The van der Waals surface area contributed by atoms with Gasteiger partial charge in [-0.05, 0) is 65.6 Å². The number of hydrogen-bond donors (Lipinski definition) is 2. The number of nitrogens with zero attached hydrogens (tertiary/aromatic N) is 1. The molecule has 0 amide bonds. The minimum atomic E-state index is -0.773. The molecule has 1 heterocycles. The van der Waals surface area contributed by atoms with Crippen LogP contribution in [-0.2, 0) is 4.79 Å². The fourth-order valence-electron chi connectivity index (χ4n) is 3.15. The van der Waals surface area contributed by atoms with Crippen molar-refractivity contribution in [2.75, 3.05) is 20.1 Å². The summed E-state index contributed by atoms with van der Waals surface area (Å²) in [5, 5.41) is 12.2. The van der Waals surface area contributed by atoms with Gasteiger partial charge in [0.05, 0.1) is 0 Å². The highest BCUT2D eigenvalue weighted by Crippen LogP contribution is 2.22. The van der Waals surface area contributed by atoms with Crippen LogP contribution in [0.25, 0.3) is 0 Å². The number of piperidine rings is 1. The van der Waals surface area contributed by atoms with Crippen LogP contribution in [-0.4, -0.2) is 47.7 Å². The Balaban J connectivity index is 2.30. The number of likely N-dealkylation sites (tertiary alicyclic amines) is 1. The highest BCUT2D eigenvalue weighted by molar-refractivity contribution is 5.78. The average molecular weight is 284 g/mol. The Morgan fingerprint density at radius 3 is 2.75 bits per heavy atom.